The summed E-state index contributed by atoms with van der Waals surface area (Å²) in [4.78, 5) is 0. The summed E-state index contributed by atoms with van der Waals surface area (Å²) in [7, 11) is 0. The molecule has 3 nitrogen and oxygen atoms in total. The molecule has 0 aliphatic rings. The second-order valence-corrected chi connectivity index (χ2v) is 6.21. The van der Waals surface area contributed by atoms with Gasteiger partial charge in [0.2, 0.25) is 0 Å². The van der Waals surface area contributed by atoms with Gasteiger partial charge in [0.1, 0.15) is 24.7 Å². The second-order valence-electron chi connectivity index (χ2n) is 4.44. The summed E-state index contributed by atoms with van der Waals surface area (Å²) < 4.78 is 13.4. The van der Waals surface area contributed by atoms with Gasteiger partial charge >= 0.3 is 0 Å². The van der Waals surface area contributed by atoms with Crippen molar-refractivity contribution < 1.29 is 9.47 Å². The Bertz CT molecular complexity index is 573. The van der Waals surface area contributed by atoms with Crippen molar-refractivity contribution in [3.8, 4) is 11.5 Å². The van der Waals surface area contributed by atoms with Gasteiger partial charge in [-0.1, -0.05) is 31.9 Å². The predicted molar refractivity (Wildman–Crippen MR) is 92.0 cm³/mol. The van der Waals surface area contributed by atoms with E-state index in [1.165, 1.54) is 0 Å². The number of halogens is 2. The number of ether oxygens (including phenoxy) is 2. The summed E-state index contributed by atoms with van der Waals surface area (Å²) in [5, 5.41) is 0. The summed E-state index contributed by atoms with van der Waals surface area (Å²) in [6.07, 6.45) is 0.827. The normalized spacial score (nSPS) is 10.4. The lowest BCUT2D eigenvalue weighted by Crippen LogP contribution is -2.09. The highest BCUT2D eigenvalue weighted by Gasteiger charge is 2.02. The van der Waals surface area contributed by atoms with Crippen molar-refractivity contribution in [3.05, 3.63) is 57.0 Å². The van der Waals surface area contributed by atoms with Crippen molar-refractivity contribution in [2.45, 2.75) is 6.42 Å². The highest BCUT2D eigenvalue weighted by molar-refractivity contribution is 9.10. The minimum Gasteiger partial charge on any atom is -0.490 e. The van der Waals surface area contributed by atoms with Crippen molar-refractivity contribution in [2.24, 2.45) is 5.73 Å². The van der Waals surface area contributed by atoms with Gasteiger partial charge in [0.05, 0.1) is 0 Å². The Morgan fingerprint density at radius 2 is 1.48 bits per heavy atom. The van der Waals surface area contributed by atoms with E-state index < -0.39 is 0 Å². The third kappa shape index (κ3) is 5.34. The molecule has 0 radical (unpaired) electrons. The number of benzene rings is 2. The maximum Gasteiger partial charge on any atom is 0.122 e. The molecule has 0 aromatic heterocycles. The number of nitrogens with two attached hydrogens (primary N) is 1. The molecule has 0 saturated carbocycles. The molecule has 0 amide bonds. The van der Waals surface area contributed by atoms with Crippen LogP contribution in [0.15, 0.2) is 51.4 Å². The summed E-state index contributed by atoms with van der Waals surface area (Å²) >= 11 is 6.90. The Morgan fingerprint density at radius 3 is 2.14 bits per heavy atom. The van der Waals surface area contributed by atoms with E-state index in [9.17, 15) is 0 Å². The average Bonchev–Trinajstić information content (AvgIpc) is 2.49. The van der Waals surface area contributed by atoms with Crippen LogP contribution in [0.2, 0.25) is 0 Å². The van der Waals surface area contributed by atoms with Crippen LogP contribution in [0.25, 0.3) is 0 Å². The second kappa shape index (κ2) is 8.41. The smallest absolute Gasteiger partial charge is 0.122 e. The van der Waals surface area contributed by atoms with Crippen LogP contribution in [0.1, 0.15) is 5.56 Å². The highest BCUT2D eigenvalue weighted by atomic mass is 79.9. The molecule has 2 aromatic carbocycles. The molecule has 2 aromatic rings. The summed E-state index contributed by atoms with van der Waals surface area (Å²) in [6, 6.07) is 13.7. The first-order valence-corrected chi connectivity index (χ1v) is 8.27. The molecule has 0 aliphatic carbocycles. The zero-order chi connectivity index (χ0) is 15.1. The third-order valence-electron chi connectivity index (χ3n) is 2.87. The molecule has 0 heterocycles. The lowest BCUT2D eigenvalue weighted by atomic mass is 10.1. The third-order valence-corrected chi connectivity index (χ3v) is 4.17. The van der Waals surface area contributed by atoms with Gasteiger partial charge in [0.25, 0.3) is 0 Å². The van der Waals surface area contributed by atoms with Crippen LogP contribution in [0.3, 0.4) is 0 Å². The van der Waals surface area contributed by atoms with Crippen LogP contribution in [0, 0.1) is 0 Å². The SMILES string of the molecule is NCCc1cc(OCCOc2ccc(Br)cc2)ccc1Br. The Balaban J connectivity index is 1.80. The Labute approximate surface area is 141 Å². The Morgan fingerprint density at radius 1 is 0.857 bits per heavy atom. The summed E-state index contributed by atoms with van der Waals surface area (Å²) in [5.41, 5.74) is 6.75. The van der Waals surface area contributed by atoms with Crippen LogP contribution in [-0.4, -0.2) is 19.8 Å². The van der Waals surface area contributed by atoms with Gasteiger partial charge in [0.15, 0.2) is 0 Å². The molecular formula is C16H17Br2NO2. The topological polar surface area (TPSA) is 44.5 Å². The molecule has 112 valence electrons. The van der Waals surface area contributed by atoms with Crippen molar-refractivity contribution in [2.75, 3.05) is 19.8 Å². The van der Waals surface area contributed by atoms with Crippen molar-refractivity contribution in [1.82, 2.24) is 0 Å². The van der Waals surface area contributed by atoms with Crippen LogP contribution < -0.4 is 15.2 Å². The van der Waals surface area contributed by atoms with E-state index in [1.807, 2.05) is 42.5 Å². The van der Waals surface area contributed by atoms with Crippen LogP contribution in [-0.2, 0) is 6.42 Å². The van der Waals surface area contributed by atoms with Gasteiger partial charge in [-0.25, -0.2) is 0 Å². The molecule has 0 fully saturated rings. The predicted octanol–water partition coefficient (Wildman–Crippen LogP) is 4.17. The number of hydrogen-bond acceptors (Lipinski definition) is 3. The quantitative estimate of drug-likeness (QED) is 0.691. The van der Waals surface area contributed by atoms with Crippen LogP contribution >= 0.6 is 31.9 Å². The van der Waals surface area contributed by atoms with Crippen LogP contribution in [0.5, 0.6) is 11.5 Å². The minimum absolute atomic E-state index is 0.500. The molecule has 0 spiro atoms. The molecular weight excluding hydrogens is 398 g/mol. The molecule has 2 N–H and O–H groups in total. The molecule has 0 atom stereocenters. The minimum atomic E-state index is 0.500. The van der Waals surface area contributed by atoms with Crippen molar-refractivity contribution >= 4 is 31.9 Å². The monoisotopic (exact) mass is 413 g/mol. The Kier molecular flexibility index (Phi) is 6.54. The van der Waals surface area contributed by atoms with E-state index in [2.05, 4.69) is 31.9 Å². The van der Waals surface area contributed by atoms with E-state index in [0.29, 0.717) is 19.8 Å². The maximum atomic E-state index is 5.70. The first-order valence-electron chi connectivity index (χ1n) is 6.68. The largest absolute Gasteiger partial charge is 0.490 e. The zero-order valence-corrected chi connectivity index (χ0v) is 14.7. The van der Waals surface area contributed by atoms with Gasteiger partial charge < -0.3 is 15.2 Å². The summed E-state index contributed by atoms with van der Waals surface area (Å²) in [6.45, 7) is 1.62. The fourth-order valence-electron chi connectivity index (χ4n) is 1.84. The first-order chi connectivity index (χ1) is 10.2. The fraction of sp³-hybridized carbons (Fsp3) is 0.250. The first kappa shape index (κ1) is 16.3. The van der Waals surface area contributed by atoms with Gasteiger partial charge in [-0.15, -0.1) is 0 Å². The zero-order valence-electron chi connectivity index (χ0n) is 11.5. The summed E-state index contributed by atoms with van der Waals surface area (Å²) in [5.74, 6) is 1.67. The molecule has 2 rings (SSSR count). The van der Waals surface area contributed by atoms with Crippen molar-refractivity contribution in [3.63, 3.8) is 0 Å². The maximum absolute atomic E-state index is 5.70. The van der Waals surface area contributed by atoms with E-state index in [-0.39, 0.29) is 0 Å². The van der Waals surface area contributed by atoms with E-state index in [0.717, 1.165) is 32.4 Å². The standard InChI is InChI=1S/C16H17Br2NO2/c17-13-1-3-14(4-2-13)20-9-10-21-15-5-6-16(18)12(11-15)7-8-19/h1-6,11H,7-10,19H2. The lowest BCUT2D eigenvalue weighted by Gasteiger charge is -2.10. The van der Waals surface area contributed by atoms with Gasteiger partial charge in [-0.05, 0) is 61.0 Å². The molecule has 0 bridgehead atoms. The lowest BCUT2D eigenvalue weighted by molar-refractivity contribution is 0.217. The fourth-order valence-corrected chi connectivity index (χ4v) is 2.55. The van der Waals surface area contributed by atoms with E-state index in [1.54, 1.807) is 0 Å². The van der Waals surface area contributed by atoms with Gasteiger partial charge in [0, 0.05) is 8.95 Å². The average molecular weight is 415 g/mol. The molecule has 0 unspecified atom stereocenters. The van der Waals surface area contributed by atoms with E-state index >= 15 is 0 Å². The van der Waals surface area contributed by atoms with Gasteiger partial charge in [-0.2, -0.15) is 0 Å². The van der Waals surface area contributed by atoms with Crippen LogP contribution in [0.4, 0.5) is 0 Å². The number of rotatable bonds is 7. The Hall–Kier alpha value is -1.04. The molecule has 0 saturated heterocycles. The van der Waals surface area contributed by atoms with E-state index in [4.69, 9.17) is 15.2 Å². The molecule has 5 heteroatoms. The van der Waals surface area contributed by atoms with Gasteiger partial charge in [-0.3, -0.25) is 0 Å². The van der Waals surface area contributed by atoms with Crippen molar-refractivity contribution in [1.29, 1.82) is 0 Å². The molecule has 21 heavy (non-hydrogen) atoms. The number of hydrogen-bond donors (Lipinski definition) is 1. The highest BCUT2D eigenvalue weighted by Crippen LogP contribution is 2.23. The molecule has 0 aliphatic heterocycles.